The molecule has 0 radical (unpaired) electrons. The van der Waals surface area contributed by atoms with Crippen molar-refractivity contribution in [2.75, 3.05) is 0 Å². The summed E-state index contributed by atoms with van der Waals surface area (Å²) in [4.78, 5) is 0.180. The Hall–Kier alpha value is -0.600. The second-order valence-corrected chi connectivity index (χ2v) is 8.40. The summed E-state index contributed by atoms with van der Waals surface area (Å²) in [7, 11) is 1.80. The Morgan fingerprint density at radius 1 is 1.19 bits per heavy atom. The summed E-state index contributed by atoms with van der Waals surface area (Å²) in [5.74, 6) is 0. The molecule has 0 spiro atoms. The van der Waals surface area contributed by atoms with Gasteiger partial charge in [0.2, 0.25) is 0 Å². The standard InChI is InChI=1S/C14H16ClIN2O2S/c1-3-12-14(21(15,19)20)13(4-2)18(17-12)9-10-5-7-11(16)8-6-10/h5-8H,3-4,9H2,1-2H3. The largest absolute Gasteiger partial charge is 0.264 e. The van der Waals surface area contributed by atoms with Crippen LogP contribution in [-0.2, 0) is 28.4 Å². The number of hydrogen-bond acceptors (Lipinski definition) is 3. The number of hydrogen-bond donors (Lipinski definition) is 0. The predicted octanol–water partition coefficient (Wildman–Crippen LogP) is 3.59. The number of halogens is 2. The van der Waals surface area contributed by atoms with Crippen LogP contribution in [0.15, 0.2) is 29.2 Å². The Balaban J connectivity index is 2.49. The molecule has 21 heavy (non-hydrogen) atoms. The fraction of sp³-hybridized carbons (Fsp3) is 0.357. The number of nitrogens with zero attached hydrogens (tertiary/aromatic N) is 2. The van der Waals surface area contributed by atoms with Gasteiger partial charge in [0.25, 0.3) is 9.05 Å². The molecule has 0 aliphatic heterocycles. The first-order valence-corrected chi connectivity index (χ1v) is 10.0. The Morgan fingerprint density at radius 3 is 2.29 bits per heavy atom. The highest BCUT2D eigenvalue weighted by atomic mass is 127. The molecule has 0 fully saturated rings. The van der Waals surface area contributed by atoms with E-state index in [1.54, 1.807) is 4.68 Å². The summed E-state index contributed by atoms with van der Waals surface area (Å²) >= 11 is 2.25. The van der Waals surface area contributed by atoms with Crippen LogP contribution in [0.25, 0.3) is 0 Å². The van der Waals surface area contributed by atoms with Gasteiger partial charge in [0.15, 0.2) is 0 Å². The molecule has 0 N–H and O–H groups in total. The molecule has 0 saturated carbocycles. The maximum atomic E-state index is 11.8. The van der Waals surface area contributed by atoms with Crippen LogP contribution in [0.4, 0.5) is 0 Å². The van der Waals surface area contributed by atoms with E-state index < -0.39 is 9.05 Å². The minimum absolute atomic E-state index is 0.180. The van der Waals surface area contributed by atoms with Crippen LogP contribution < -0.4 is 0 Å². The first kappa shape index (κ1) is 16.8. The van der Waals surface area contributed by atoms with Gasteiger partial charge >= 0.3 is 0 Å². The molecule has 1 aromatic heterocycles. The fourth-order valence-electron chi connectivity index (χ4n) is 2.28. The van der Waals surface area contributed by atoms with Crippen LogP contribution >= 0.6 is 33.3 Å². The highest BCUT2D eigenvalue weighted by Gasteiger charge is 2.25. The van der Waals surface area contributed by atoms with Gasteiger partial charge in [-0.15, -0.1) is 0 Å². The quantitative estimate of drug-likeness (QED) is 0.529. The van der Waals surface area contributed by atoms with E-state index in [2.05, 4.69) is 27.7 Å². The lowest BCUT2D eigenvalue weighted by Crippen LogP contribution is -2.07. The third-order valence-corrected chi connectivity index (χ3v) is 5.38. The molecular weight excluding hydrogens is 423 g/mol. The van der Waals surface area contributed by atoms with Crippen molar-refractivity contribution in [3.63, 3.8) is 0 Å². The van der Waals surface area contributed by atoms with Gasteiger partial charge in [0.05, 0.1) is 17.9 Å². The van der Waals surface area contributed by atoms with Crippen LogP contribution in [-0.4, -0.2) is 18.2 Å². The molecule has 0 amide bonds. The molecule has 0 saturated heterocycles. The second kappa shape index (κ2) is 6.66. The van der Waals surface area contributed by atoms with Crippen molar-refractivity contribution in [1.29, 1.82) is 0 Å². The van der Waals surface area contributed by atoms with Gasteiger partial charge in [-0.05, 0) is 53.1 Å². The first-order chi connectivity index (χ1) is 9.86. The summed E-state index contributed by atoms with van der Waals surface area (Å²) < 4.78 is 26.5. The monoisotopic (exact) mass is 438 g/mol. The molecule has 2 rings (SSSR count). The van der Waals surface area contributed by atoms with E-state index in [4.69, 9.17) is 10.7 Å². The van der Waals surface area contributed by atoms with Crippen molar-refractivity contribution in [2.24, 2.45) is 0 Å². The maximum Gasteiger partial charge on any atom is 0.264 e. The smallest absolute Gasteiger partial charge is 0.263 e. The van der Waals surface area contributed by atoms with Crippen LogP contribution in [0.1, 0.15) is 30.8 Å². The highest BCUT2D eigenvalue weighted by molar-refractivity contribution is 14.1. The lowest BCUT2D eigenvalue weighted by atomic mass is 10.2. The third-order valence-electron chi connectivity index (χ3n) is 3.24. The zero-order valence-electron chi connectivity index (χ0n) is 11.8. The molecular formula is C14H16ClIN2O2S. The number of aryl methyl sites for hydroxylation is 1. The Bertz CT molecular complexity index is 739. The van der Waals surface area contributed by atoms with Crippen molar-refractivity contribution in [2.45, 2.75) is 38.1 Å². The molecule has 1 heterocycles. The van der Waals surface area contributed by atoms with E-state index in [1.165, 1.54) is 0 Å². The van der Waals surface area contributed by atoms with Gasteiger partial charge in [-0.1, -0.05) is 26.0 Å². The molecule has 0 aliphatic carbocycles. The van der Waals surface area contributed by atoms with Crippen LogP contribution in [0.2, 0.25) is 0 Å². The van der Waals surface area contributed by atoms with E-state index in [-0.39, 0.29) is 4.90 Å². The average Bonchev–Trinajstić information content (AvgIpc) is 2.79. The molecule has 0 aliphatic rings. The molecule has 1 aromatic carbocycles. The lowest BCUT2D eigenvalue weighted by Gasteiger charge is -2.07. The molecule has 7 heteroatoms. The molecule has 4 nitrogen and oxygen atoms in total. The SMILES string of the molecule is CCc1nn(Cc2ccc(I)cc2)c(CC)c1S(=O)(=O)Cl. The van der Waals surface area contributed by atoms with Crippen molar-refractivity contribution < 1.29 is 8.42 Å². The van der Waals surface area contributed by atoms with E-state index in [9.17, 15) is 8.42 Å². The number of rotatable bonds is 5. The van der Waals surface area contributed by atoms with Crippen LogP contribution in [0, 0.1) is 3.57 Å². The third kappa shape index (κ3) is 3.78. The van der Waals surface area contributed by atoms with Gasteiger partial charge in [-0.3, -0.25) is 4.68 Å². The Morgan fingerprint density at radius 2 is 1.81 bits per heavy atom. The Kier molecular flexibility index (Phi) is 5.32. The predicted molar refractivity (Wildman–Crippen MR) is 92.3 cm³/mol. The van der Waals surface area contributed by atoms with Crippen LogP contribution in [0.5, 0.6) is 0 Å². The maximum absolute atomic E-state index is 11.8. The van der Waals surface area contributed by atoms with E-state index >= 15 is 0 Å². The molecule has 2 aromatic rings. The topological polar surface area (TPSA) is 52.0 Å². The van der Waals surface area contributed by atoms with Crippen LogP contribution in [0.3, 0.4) is 0 Å². The van der Waals surface area contributed by atoms with E-state index in [0.717, 1.165) is 9.13 Å². The molecule has 0 unspecified atom stereocenters. The van der Waals surface area contributed by atoms with E-state index in [0.29, 0.717) is 30.8 Å². The summed E-state index contributed by atoms with van der Waals surface area (Å²) in [5, 5.41) is 4.43. The van der Waals surface area contributed by atoms with Gasteiger partial charge in [0.1, 0.15) is 4.90 Å². The zero-order chi connectivity index (χ0) is 15.6. The van der Waals surface area contributed by atoms with Gasteiger partial charge in [-0.2, -0.15) is 5.10 Å². The molecule has 114 valence electrons. The van der Waals surface area contributed by atoms with Crippen molar-refractivity contribution in [3.05, 3.63) is 44.8 Å². The Labute approximate surface area is 143 Å². The average molecular weight is 439 g/mol. The fourth-order valence-corrected chi connectivity index (χ4v) is 4.18. The summed E-state index contributed by atoms with van der Waals surface area (Å²) in [6, 6.07) is 8.07. The highest BCUT2D eigenvalue weighted by Crippen LogP contribution is 2.26. The van der Waals surface area contributed by atoms with Crippen molar-refractivity contribution in [1.82, 2.24) is 9.78 Å². The van der Waals surface area contributed by atoms with Gasteiger partial charge < -0.3 is 0 Å². The number of benzene rings is 1. The summed E-state index contributed by atoms with van der Waals surface area (Å²) in [6.07, 6.45) is 1.10. The summed E-state index contributed by atoms with van der Waals surface area (Å²) in [6.45, 7) is 4.33. The molecule has 0 atom stereocenters. The van der Waals surface area contributed by atoms with Crippen molar-refractivity contribution in [3.8, 4) is 0 Å². The normalized spacial score (nSPS) is 11.8. The zero-order valence-corrected chi connectivity index (χ0v) is 15.5. The van der Waals surface area contributed by atoms with Crippen molar-refractivity contribution >= 4 is 42.3 Å². The minimum atomic E-state index is -3.78. The summed E-state index contributed by atoms with van der Waals surface area (Å²) in [5.41, 5.74) is 2.28. The molecule has 0 bridgehead atoms. The lowest BCUT2D eigenvalue weighted by molar-refractivity contribution is 0.605. The number of aromatic nitrogens is 2. The second-order valence-electron chi connectivity index (χ2n) is 4.65. The minimum Gasteiger partial charge on any atom is -0.263 e. The van der Waals surface area contributed by atoms with E-state index in [1.807, 2.05) is 38.1 Å². The van der Waals surface area contributed by atoms with Gasteiger partial charge in [0, 0.05) is 14.3 Å². The first-order valence-electron chi connectivity index (χ1n) is 6.64. The van der Waals surface area contributed by atoms with Gasteiger partial charge in [-0.25, -0.2) is 8.42 Å².